The van der Waals surface area contributed by atoms with Crippen molar-refractivity contribution >= 4 is 212 Å². The molecule has 25 rings (SSSR count). The fourth-order valence-electron chi connectivity index (χ4n) is 20.5. The van der Waals surface area contributed by atoms with Crippen molar-refractivity contribution in [3.05, 3.63) is 394 Å². The lowest BCUT2D eigenvalue weighted by Crippen LogP contribution is -2.70. The maximum atomic E-state index is 7.93. The Morgan fingerprint density at radius 1 is 0.174 bits per heavy atom. The number of para-hydroxylation sites is 12. The van der Waals surface area contributed by atoms with E-state index in [0.717, 1.165) is 159 Å². The van der Waals surface area contributed by atoms with E-state index in [-0.39, 0.29) is 26.9 Å². The molecular weight excluding hydrogens is 1400 g/mol. The molecule has 9 nitrogen and oxygen atoms in total. The topological polar surface area (TPSA) is 41.1 Å². The van der Waals surface area contributed by atoms with Crippen LogP contribution >= 0.6 is 0 Å². The van der Waals surface area contributed by atoms with E-state index in [2.05, 4.69) is 429 Å². The van der Waals surface area contributed by atoms with Crippen molar-refractivity contribution in [2.24, 2.45) is 0 Å². The average molecular weight is 1460 g/mol. The van der Waals surface area contributed by atoms with E-state index in [4.69, 9.17) is 9.47 Å². The van der Waals surface area contributed by atoms with Crippen LogP contribution in [0.3, 0.4) is 0 Å². The first kappa shape index (κ1) is 63.9. The van der Waals surface area contributed by atoms with E-state index >= 15 is 0 Å². The number of nitrogens with zero attached hydrogens (tertiary/aromatic N) is 7. The number of rotatable bonds is 10. The van der Waals surface area contributed by atoms with Crippen LogP contribution in [0, 0.1) is 0 Å². The Morgan fingerprint density at radius 3 is 0.765 bits per heavy atom. The minimum Gasteiger partial charge on any atom is -0.458 e. The first-order chi connectivity index (χ1) is 57.1. The zero-order valence-electron chi connectivity index (χ0n) is 62.3. The second-order valence-electron chi connectivity index (χ2n) is 30.9. The molecule has 17 aromatic carbocycles. The van der Waals surface area contributed by atoms with Gasteiger partial charge in [-0.3, -0.25) is 0 Å². The average Bonchev–Trinajstić information content (AvgIpc) is 0.661. The third-order valence-electron chi connectivity index (χ3n) is 25.0. The lowest BCUT2D eigenvalue weighted by atomic mass is 9.27. The largest absolute Gasteiger partial charge is 0.458 e. The van der Waals surface area contributed by atoms with Gasteiger partial charge in [-0.1, -0.05) is 231 Å². The van der Waals surface area contributed by atoms with Gasteiger partial charge >= 0.3 is 0 Å². The van der Waals surface area contributed by atoms with Gasteiger partial charge in [-0.05, 0) is 205 Å². The molecule has 8 aliphatic rings. The molecule has 115 heavy (non-hydrogen) atoms. The summed E-state index contributed by atoms with van der Waals surface area (Å²) in [5.41, 5.74) is 37.1. The molecule has 0 spiro atoms. The molecule has 8 aliphatic heterocycles. The molecule has 0 saturated carbocycles. The number of benzene rings is 17. The van der Waals surface area contributed by atoms with Crippen molar-refractivity contribution in [2.45, 2.75) is 0 Å². The smallest absolute Gasteiger partial charge is 0.256 e. The summed E-state index contributed by atoms with van der Waals surface area (Å²) in [5.74, 6) is 3.29. The van der Waals surface area contributed by atoms with Gasteiger partial charge in [0.05, 0.1) is 11.4 Å². The quantitative estimate of drug-likeness (QED) is 0.125. The molecule has 0 atom stereocenters. The van der Waals surface area contributed by atoms with E-state index in [1.807, 2.05) is 0 Å². The highest BCUT2D eigenvalue weighted by molar-refractivity contribution is 7.06. The summed E-state index contributed by atoms with van der Waals surface area (Å²) in [6.45, 7) is -0.902. The molecule has 0 fully saturated rings. The molecule has 8 heterocycles. The van der Waals surface area contributed by atoms with E-state index in [1.54, 1.807) is 0 Å². The number of hydrogen-bond acceptors (Lipinski definition) is 9. The second kappa shape index (κ2) is 24.9. The third kappa shape index (κ3) is 9.31. The van der Waals surface area contributed by atoms with Gasteiger partial charge in [-0.15, -0.1) is 0 Å². The number of hydrogen-bond donors (Lipinski definition) is 0. The van der Waals surface area contributed by atoms with Crippen LogP contribution in [0.25, 0.3) is 0 Å². The molecule has 13 heteroatoms. The molecule has 532 valence electrons. The van der Waals surface area contributed by atoms with Crippen molar-refractivity contribution < 1.29 is 9.47 Å². The summed E-state index contributed by atoms with van der Waals surface area (Å²) in [5, 5.41) is 0. The van der Waals surface area contributed by atoms with E-state index < -0.39 is 0 Å². The molecule has 0 bridgehead atoms. The maximum absolute atomic E-state index is 7.93. The van der Waals surface area contributed by atoms with Gasteiger partial charge in [0.25, 0.3) is 26.9 Å². The predicted molar refractivity (Wildman–Crippen MR) is 481 cm³/mol. The Morgan fingerprint density at radius 2 is 0.435 bits per heavy atom. The summed E-state index contributed by atoms with van der Waals surface area (Å²) in [6, 6.07) is 145. The minimum atomic E-state index is -0.248. The summed E-state index contributed by atoms with van der Waals surface area (Å²) >= 11 is 0. The molecule has 0 N–H and O–H groups in total. The highest BCUT2D eigenvalue weighted by atomic mass is 16.5. The van der Waals surface area contributed by atoms with E-state index in [0.29, 0.717) is 0 Å². The van der Waals surface area contributed by atoms with E-state index in [9.17, 15) is 0 Å². The monoisotopic (exact) mass is 1460 g/mol. The second-order valence-corrected chi connectivity index (χ2v) is 30.9. The summed E-state index contributed by atoms with van der Waals surface area (Å²) in [7, 11) is 0. The minimum absolute atomic E-state index is 0.208. The van der Waals surface area contributed by atoms with Gasteiger partial charge in [0, 0.05) is 132 Å². The van der Waals surface area contributed by atoms with Crippen molar-refractivity contribution in [3.8, 4) is 23.0 Å². The number of anilines is 21. The third-order valence-corrected chi connectivity index (χ3v) is 25.0. The number of ether oxygens (including phenoxy) is 2. The van der Waals surface area contributed by atoms with Crippen LogP contribution in [0.15, 0.2) is 394 Å². The highest BCUT2D eigenvalue weighted by Crippen LogP contribution is 2.54. The predicted octanol–water partition coefficient (Wildman–Crippen LogP) is 18.1. The molecule has 0 radical (unpaired) electrons. The van der Waals surface area contributed by atoms with E-state index in [1.165, 1.54) is 49.4 Å². The fraction of sp³-hybridized carbons (Fsp3) is 0. The molecule has 0 unspecified atom stereocenters. The summed E-state index contributed by atoms with van der Waals surface area (Å²) in [6.07, 6.45) is 0. The van der Waals surface area contributed by atoms with Gasteiger partial charge in [0.15, 0.2) is 0 Å². The summed E-state index contributed by atoms with van der Waals surface area (Å²) in [4.78, 5) is 17.4. The van der Waals surface area contributed by atoms with Crippen molar-refractivity contribution in [1.82, 2.24) is 0 Å². The molecule has 0 saturated heterocycles. The standard InChI is InChI=1S/C102H65B4N7O2/c1-9-33-66(34-10-1)107(67-35-11-2-12-36-67)74-57-90-98-96(59-74)114-94-64-88-80(61-82(94)105(98)77-50-26-30-54-85(77)109(90)70-41-17-5-18-42-70)104-79-52-28-32-56-87(79)113-89-65-95-83(62-81(89)103-76-49-25-29-53-84(76)111(72-45-21-7-22-46-72)92-63-93(101(104)102(113)100(92)103)112(88)73-47-23-8-24-48-73)106-78-51-27-31-55-86(78)110(71-43-19-6-20-44-71)91-58-75(60-97(115-95)99(91)106)108(68-37-13-3-14-38-68)69-39-15-4-16-40-69/h1-65H. The normalized spacial score (nSPS) is 13.7. The summed E-state index contributed by atoms with van der Waals surface area (Å²) < 4.78 is 15.8. The molecule has 0 aliphatic carbocycles. The van der Waals surface area contributed by atoms with Gasteiger partial charge in [0.1, 0.15) is 23.0 Å². The van der Waals surface area contributed by atoms with Crippen LogP contribution < -0.4 is 109 Å². The Hall–Kier alpha value is -14.8. The SMILES string of the molecule is c1ccc(N(c2ccccc2)c2cc3c4c(c2)N(c2ccccc2)c2ccccc2B4c2cc4c(cc2O3)N(c2ccccc2)c2cc3c5c6c2B4c2ccccc2N6c2cc4c(cc2B5c2ccccc2N3c2ccccc2)B2c3ccccc3N(c3ccccc3)c3cc(N(c5ccccc5)c5ccccc5)cc(c32)O4)cc1. The Labute approximate surface area is 668 Å². The molecule has 17 aromatic rings. The Kier molecular flexibility index (Phi) is 13.8. The molecule has 0 amide bonds. The Bertz CT molecular complexity index is 6800. The Balaban J connectivity index is 0.745. The van der Waals surface area contributed by atoms with Gasteiger partial charge in [-0.2, -0.15) is 0 Å². The van der Waals surface area contributed by atoms with Gasteiger partial charge in [0.2, 0.25) is 0 Å². The lowest BCUT2D eigenvalue weighted by molar-refractivity contribution is 0.487. The van der Waals surface area contributed by atoms with Gasteiger partial charge < -0.3 is 43.8 Å². The first-order valence-corrected chi connectivity index (χ1v) is 39.8. The van der Waals surface area contributed by atoms with Crippen LogP contribution in [0.1, 0.15) is 0 Å². The van der Waals surface area contributed by atoms with Crippen LogP contribution in [0.4, 0.5) is 119 Å². The van der Waals surface area contributed by atoms with Crippen molar-refractivity contribution in [3.63, 3.8) is 0 Å². The van der Waals surface area contributed by atoms with Crippen LogP contribution in [-0.4, -0.2) is 26.9 Å². The highest BCUT2D eigenvalue weighted by Gasteiger charge is 2.55. The van der Waals surface area contributed by atoms with Crippen LogP contribution in [-0.2, 0) is 0 Å². The fourth-order valence-corrected chi connectivity index (χ4v) is 20.5. The molecular formula is C102H65B4N7O2. The van der Waals surface area contributed by atoms with Crippen molar-refractivity contribution in [2.75, 3.05) is 34.3 Å². The first-order valence-electron chi connectivity index (χ1n) is 39.8. The van der Waals surface area contributed by atoms with Gasteiger partial charge in [-0.25, -0.2) is 0 Å². The zero-order chi connectivity index (χ0) is 75.1. The lowest BCUT2D eigenvalue weighted by Gasteiger charge is -2.51. The maximum Gasteiger partial charge on any atom is 0.256 e. The molecule has 0 aromatic heterocycles. The van der Waals surface area contributed by atoms with Crippen LogP contribution in [0.2, 0.25) is 0 Å². The zero-order valence-corrected chi connectivity index (χ0v) is 62.3. The number of fused-ring (bicyclic) bond motifs is 18. The van der Waals surface area contributed by atoms with Crippen LogP contribution in [0.5, 0.6) is 23.0 Å². The van der Waals surface area contributed by atoms with Crippen molar-refractivity contribution in [1.29, 1.82) is 0 Å².